The van der Waals surface area contributed by atoms with Gasteiger partial charge in [0.1, 0.15) is 0 Å². The van der Waals surface area contributed by atoms with E-state index in [9.17, 15) is 0 Å². The molecule has 1 heterocycles. The van der Waals surface area contributed by atoms with Crippen molar-refractivity contribution in [3.8, 4) is 0 Å². The zero-order valence-electron chi connectivity index (χ0n) is 8.17. The summed E-state index contributed by atoms with van der Waals surface area (Å²) in [4.78, 5) is 2.34. The van der Waals surface area contributed by atoms with Crippen LogP contribution in [0.2, 0.25) is 5.02 Å². The fourth-order valence-electron chi connectivity index (χ4n) is 1.89. The summed E-state index contributed by atoms with van der Waals surface area (Å²) in [6.07, 6.45) is 2.55. The van der Waals surface area contributed by atoms with Gasteiger partial charge in [0.25, 0.3) is 0 Å². The van der Waals surface area contributed by atoms with E-state index in [2.05, 4.69) is 17.0 Å². The maximum atomic E-state index is 6.19. The molecule has 0 aromatic heterocycles. The second-order valence-electron chi connectivity index (χ2n) is 3.68. The highest BCUT2D eigenvalue weighted by Crippen LogP contribution is 2.29. The first kappa shape index (κ1) is 9.81. The highest BCUT2D eigenvalue weighted by molar-refractivity contribution is 6.33. The van der Waals surface area contributed by atoms with Gasteiger partial charge in [-0.1, -0.05) is 17.7 Å². The van der Waals surface area contributed by atoms with Crippen LogP contribution in [0.5, 0.6) is 0 Å². The second kappa shape index (κ2) is 4.20. The Balaban J connectivity index is 2.25. The Labute approximate surface area is 89.7 Å². The molecule has 14 heavy (non-hydrogen) atoms. The predicted octanol–water partition coefficient (Wildman–Crippen LogP) is 2.40. The number of anilines is 1. The summed E-state index contributed by atoms with van der Waals surface area (Å²) in [5.74, 6) is 0. The summed E-state index contributed by atoms with van der Waals surface area (Å²) in [5, 5.41) is 0.829. The number of benzene rings is 1. The Morgan fingerprint density at radius 3 is 2.57 bits per heavy atom. The monoisotopic (exact) mass is 210 g/mol. The molecule has 2 N–H and O–H groups in total. The van der Waals surface area contributed by atoms with Crippen LogP contribution in [-0.4, -0.2) is 13.1 Å². The Hall–Kier alpha value is -0.730. The molecule has 0 aliphatic carbocycles. The Morgan fingerprint density at radius 2 is 2.00 bits per heavy atom. The Bertz CT molecular complexity index is 319. The molecule has 1 saturated heterocycles. The molecule has 1 aromatic rings. The van der Waals surface area contributed by atoms with Crippen LogP contribution >= 0.6 is 11.6 Å². The molecule has 0 radical (unpaired) electrons. The van der Waals surface area contributed by atoms with E-state index in [1.807, 2.05) is 6.07 Å². The highest BCUT2D eigenvalue weighted by atomic mass is 35.5. The van der Waals surface area contributed by atoms with Crippen molar-refractivity contribution < 1.29 is 0 Å². The third kappa shape index (κ3) is 1.86. The van der Waals surface area contributed by atoms with E-state index in [1.54, 1.807) is 0 Å². The molecule has 1 aliphatic rings. The smallest absolute Gasteiger partial charge is 0.0642 e. The normalized spacial score (nSPS) is 16.3. The number of hydrogen-bond donors (Lipinski definition) is 1. The number of nitrogens with two attached hydrogens (primary N) is 1. The molecule has 0 saturated carbocycles. The number of rotatable bonds is 2. The van der Waals surface area contributed by atoms with Crippen LogP contribution in [0.15, 0.2) is 18.2 Å². The molecule has 0 atom stereocenters. The largest absolute Gasteiger partial charge is 0.370 e. The third-order valence-corrected chi connectivity index (χ3v) is 3.00. The van der Waals surface area contributed by atoms with Gasteiger partial charge in [0, 0.05) is 19.6 Å². The van der Waals surface area contributed by atoms with Gasteiger partial charge in [0.15, 0.2) is 0 Å². The lowest BCUT2D eigenvalue weighted by Crippen LogP contribution is -2.18. The number of halogens is 1. The molecule has 0 bridgehead atoms. The zero-order valence-corrected chi connectivity index (χ0v) is 8.93. The van der Waals surface area contributed by atoms with Crippen molar-refractivity contribution in [2.45, 2.75) is 19.4 Å². The first-order valence-electron chi connectivity index (χ1n) is 5.04. The second-order valence-corrected chi connectivity index (χ2v) is 4.09. The summed E-state index contributed by atoms with van der Waals surface area (Å²) in [6.45, 7) is 2.81. The molecular formula is C11H15ClN2. The van der Waals surface area contributed by atoms with Crippen LogP contribution in [0, 0.1) is 0 Å². The fourth-order valence-corrected chi connectivity index (χ4v) is 2.21. The van der Waals surface area contributed by atoms with Gasteiger partial charge in [0.05, 0.1) is 10.7 Å². The van der Waals surface area contributed by atoms with E-state index in [1.165, 1.54) is 12.8 Å². The first-order chi connectivity index (χ1) is 6.81. The molecule has 0 unspecified atom stereocenters. The van der Waals surface area contributed by atoms with Crippen LogP contribution in [0.1, 0.15) is 18.4 Å². The van der Waals surface area contributed by atoms with Crippen molar-refractivity contribution in [1.82, 2.24) is 0 Å². The highest BCUT2D eigenvalue weighted by Gasteiger charge is 2.14. The molecule has 76 valence electrons. The molecule has 0 spiro atoms. The molecule has 1 aliphatic heterocycles. The average molecular weight is 211 g/mol. The summed E-state index contributed by atoms with van der Waals surface area (Å²) in [5.41, 5.74) is 7.80. The van der Waals surface area contributed by atoms with E-state index in [0.29, 0.717) is 6.54 Å². The fraction of sp³-hybridized carbons (Fsp3) is 0.455. The molecule has 0 amide bonds. The van der Waals surface area contributed by atoms with Crippen LogP contribution in [0.25, 0.3) is 0 Å². The maximum absolute atomic E-state index is 6.19. The maximum Gasteiger partial charge on any atom is 0.0642 e. The third-order valence-electron chi connectivity index (χ3n) is 2.69. The van der Waals surface area contributed by atoms with E-state index >= 15 is 0 Å². The van der Waals surface area contributed by atoms with Gasteiger partial charge >= 0.3 is 0 Å². The summed E-state index contributed by atoms with van der Waals surface area (Å²) in [6, 6.07) is 6.10. The topological polar surface area (TPSA) is 29.3 Å². The van der Waals surface area contributed by atoms with Gasteiger partial charge in [-0.25, -0.2) is 0 Å². The lowest BCUT2D eigenvalue weighted by atomic mass is 10.2. The van der Waals surface area contributed by atoms with Gasteiger partial charge in [-0.3, -0.25) is 0 Å². The quantitative estimate of drug-likeness (QED) is 0.813. The average Bonchev–Trinajstić information content (AvgIpc) is 2.70. The molecule has 3 heteroatoms. The van der Waals surface area contributed by atoms with Crippen LogP contribution in [0.4, 0.5) is 5.69 Å². The summed E-state index contributed by atoms with van der Waals surface area (Å²) >= 11 is 6.19. The number of nitrogens with zero attached hydrogens (tertiary/aromatic N) is 1. The molecular weight excluding hydrogens is 196 g/mol. The predicted molar refractivity (Wildman–Crippen MR) is 60.8 cm³/mol. The van der Waals surface area contributed by atoms with Crippen molar-refractivity contribution >= 4 is 17.3 Å². The van der Waals surface area contributed by atoms with E-state index in [4.69, 9.17) is 17.3 Å². The Morgan fingerprint density at radius 1 is 1.29 bits per heavy atom. The lowest BCUT2D eigenvalue weighted by Gasteiger charge is -2.19. The van der Waals surface area contributed by atoms with Crippen molar-refractivity contribution in [1.29, 1.82) is 0 Å². The summed E-state index contributed by atoms with van der Waals surface area (Å²) in [7, 11) is 0. The molecule has 2 nitrogen and oxygen atoms in total. The van der Waals surface area contributed by atoms with Crippen molar-refractivity contribution in [3.63, 3.8) is 0 Å². The van der Waals surface area contributed by atoms with E-state index in [-0.39, 0.29) is 0 Å². The van der Waals surface area contributed by atoms with Gasteiger partial charge < -0.3 is 10.6 Å². The van der Waals surface area contributed by atoms with Crippen molar-refractivity contribution in [2.24, 2.45) is 5.73 Å². The van der Waals surface area contributed by atoms with Crippen molar-refractivity contribution in [2.75, 3.05) is 18.0 Å². The minimum atomic E-state index is 0.556. The van der Waals surface area contributed by atoms with E-state index in [0.717, 1.165) is 29.4 Å². The standard InChI is InChI=1S/C11H15ClN2/c12-10-7-9(8-13)3-4-11(10)14-5-1-2-6-14/h3-4,7H,1-2,5-6,8,13H2. The first-order valence-corrected chi connectivity index (χ1v) is 5.42. The van der Waals surface area contributed by atoms with E-state index < -0.39 is 0 Å². The van der Waals surface area contributed by atoms with Gasteiger partial charge in [-0.2, -0.15) is 0 Å². The van der Waals surface area contributed by atoms with Gasteiger partial charge in [-0.05, 0) is 30.5 Å². The van der Waals surface area contributed by atoms with Crippen LogP contribution in [-0.2, 0) is 6.54 Å². The Kier molecular flexibility index (Phi) is 2.94. The summed E-state index contributed by atoms with van der Waals surface area (Å²) < 4.78 is 0. The lowest BCUT2D eigenvalue weighted by molar-refractivity contribution is 0.949. The number of hydrogen-bond acceptors (Lipinski definition) is 2. The van der Waals surface area contributed by atoms with Crippen LogP contribution < -0.4 is 10.6 Å². The zero-order chi connectivity index (χ0) is 9.97. The van der Waals surface area contributed by atoms with Gasteiger partial charge in [-0.15, -0.1) is 0 Å². The minimum absolute atomic E-state index is 0.556. The molecule has 1 aromatic carbocycles. The van der Waals surface area contributed by atoms with Crippen LogP contribution in [0.3, 0.4) is 0 Å². The molecule has 1 fully saturated rings. The van der Waals surface area contributed by atoms with Crippen molar-refractivity contribution in [3.05, 3.63) is 28.8 Å². The van der Waals surface area contributed by atoms with Gasteiger partial charge in [0.2, 0.25) is 0 Å². The SMILES string of the molecule is NCc1ccc(N2CCCC2)c(Cl)c1. The molecule has 2 rings (SSSR count). The minimum Gasteiger partial charge on any atom is -0.370 e.